The Labute approximate surface area is 115 Å². The first-order valence-electron chi connectivity index (χ1n) is 6.10. The third-order valence-electron chi connectivity index (χ3n) is 2.89. The molecular weight excluding hydrogens is 260 g/mol. The molecular formula is C13H14N4O3. The zero-order valence-corrected chi connectivity index (χ0v) is 11.1. The van der Waals surface area contributed by atoms with E-state index in [9.17, 15) is 4.79 Å². The highest BCUT2D eigenvalue weighted by molar-refractivity contribution is 6.00. The number of hydrogen-bond acceptors (Lipinski definition) is 4. The van der Waals surface area contributed by atoms with E-state index in [4.69, 9.17) is 9.47 Å². The van der Waals surface area contributed by atoms with Gasteiger partial charge in [-0.15, -0.1) is 0 Å². The van der Waals surface area contributed by atoms with Crippen LogP contribution >= 0.6 is 0 Å². The van der Waals surface area contributed by atoms with Gasteiger partial charge in [0.25, 0.3) is 0 Å². The minimum Gasteiger partial charge on any atom is -0.454 e. The van der Waals surface area contributed by atoms with Crippen molar-refractivity contribution in [3.8, 4) is 11.5 Å². The van der Waals surface area contributed by atoms with Crippen LogP contribution in [0.15, 0.2) is 24.4 Å². The number of anilines is 2. The zero-order chi connectivity index (χ0) is 14.1. The molecule has 20 heavy (non-hydrogen) atoms. The van der Waals surface area contributed by atoms with E-state index in [2.05, 4.69) is 15.7 Å². The standard InChI is InChI=1S/C13H14N4O3/c1-8-10(6-17(2)16-8)15-13(18)14-9-3-4-11-12(5-9)20-7-19-11/h3-6H,7H2,1-2H3,(H2,14,15,18). The molecule has 0 bridgehead atoms. The van der Waals surface area contributed by atoms with E-state index >= 15 is 0 Å². The van der Waals surface area contributed by atoms with E-state index < -0.39 is 0 Å². The molecule has 0 aliphatic carbocycles. The molecule has 2 N–H and O–H groups in total. The zero-order valence-electron chi connectivity index (χ0n) is 11.1. The maximum Gasteiger partial charge on any atom is 0.323 e. The first kappa shape index (κ1) is 12.3. The van der Waals surface area contributed by atoms with Crippen LogP contribution in [0, 0.1) is 6.92 Å². The number of nitrogens with one attached hydrogen (secondary N) is 2. The number of aromatic nitrogens is 2. The Hall–Kier alpha value is -2.70. The van der Waals surface area contributed by atoms with Crippen molar-refractivity contribution in [2.75, 3.05) is 17.4 Å². The van der Waals surface area contributed by atoms with E-state index in [1.807, 2.05) is 6.92 Å². The van der Waals surface area contributed by atoms with Crippen LogP contribution in [0.2, 0.25) is 0 Å². The number of carbonyl (C=O) groups is 1. The van der Waals surface area contributed by atoms with Gasteiger partial charge in [0.05, 0.1) is 11.4 Å². The molecule has 104 valence electrons. The van der Waals surface area contributed by atoms with Gasteiger partial charge in [-0.25, -0.2) is 4.79 Å². The van der Waals surface area contributed by atoms with Crippen molar-refractivity contribution in [2.24, 2.45) is 7.05 Å². The van der Waals surface area contributed by atoms with Gasteiger partial charge in [0, 0.05) is 25.0 Å². The largest absolute Gasteiger partial charge is 0.454 e. The molecule has 2 amide bonds. The maximum atomic E-state index is 11.9. The highest BCUT2D eigenvalue weighted by Gasteiger charge is 2.14. The average molecular weight is 274 g/mol. The number of carbonyl (C=O) groups excluding carboxylic acids is 1. The molecule has 0 saturated heterocycles. The molecule has 0 fully saturated rings. The van der Waals surface area contributed by atoms with Gasteiger partial charge in [0.1, 0.15) is 0 Å². The van der Waals surface area contributed by atoms with Gasteiger partial charge in [-0.3, -0.25) is 4.68 Å². The quantitative estimate of drug-likeness (QED) is 0.879. The third kappa shape index (κ3) is 2.37. The lowest BCUT2D eigenvalue weighted by Gasteiger charge is -2.07. The van der Waals surface area contributed by atoms with E-state index in [1.165, 1.54) is 0 Å². The van der Waals surface area contributed by atoms with Crippen molar-refractivity contribution >= 4 is 17.4 Å². The Morgan fingerprint density at radius 2 is 2.10 bits per heavy atom. The monoisotopic (exact) mass is 274 g/mol. The molecule has 0 atom stereocenters. The van der Waals surface area contributed by atoms with Crippen molar-refractivity contribution in [1.29, 1.82) is 0 Å². The van der Waals surface area contributed by atoms with E-state index in [0.717, 1.165) is 5.69 Å². The number of fused-ring (bicyclic) bond motifs is 1. The number of ether oxygens (including phenoxy) is 2. The molecule has 1 aromatic carbocycles. The van der Waals surface area contributed by atoms with Gasteiger partial charge in [0.15, 0.2) is 11.5 Å². The minimum absolute atomic E-state index is 0.208. The van der Waals surface area contributed by atoms with Crippen LogP contribution in [-0.2, 0) is 7.05 Å². The molecule has 2 aromatic rings. The SMILES string of the molecule is Cc1nn(C)cc1NC(=O)Nc1ccc2c(c1)OCO2. The smallest absolute Gasteiger partial charge is 0.323 e. The van der Waals surface area contributed by atoms with Gasteiger partial charge in [-0.2, -0.15) is 5.10 Å². The topological polar surface area (TPSA) is 77.4 Å². The number of amides is 2. The Morgan fingerprint density at radius 1 is 1.30 bits per heavy atom. The average Bonchev–Trinajstić information content (AvgIpc) is 2.96. The van der Waals surface area contributed by atoms with Crippen molar-refractivity contribution in [3.63, 3.8) is 0 Å². The molecule has 7 heteroatoms. The fourth-order valence-electron chi connectivity index (χ4n) is 1.98. The van der Waals surface area contributed by atoms with Crippen LogP contribution in [0.3, 0.4) is 0 Å². The Balaban J connectivity index is 1.68. The number of benzene rings is 1. The van der Waals surface area contributed by atoms with Crippen LogP contribution in [0.25, 0.3) is 0 Å². The fraction of sp³-hybridized carbons (Fsp3) is 0.231. The normalized spacial score (nSPS) is 12.3. The molecule has 3 rings (SSSR count). The van der Waals surface area contributed by atoms with E-state index in [0.29, 0.717) is 22.9 Å². The summed E-state index contributed by atoms with van der Waals surface area (Å²) < 4.78 is 12.1. The summed E-state index contributed by atoms with van der Waals surface area (Å²) in [6, 6.07) is 4.90. The van der Waals surface area contributed by atoms with E-state index in [1.54, 1.807) is 36.1 Å². The first-order chi connectivity index (χ1) is 9.61. The number of rotatable bonds is 2. The summed E-state index contributed by atoms with van der Waals surface area (Å²) in [6.45, 7) is 2.04. The molecule has 0 radical (unpaired) electrons. The van der Waals surface area contributed by atoms with Gasteiger partial charge in [-0.05, 0) is 19.1 Å². The second-order valence-electron chi connectivity index (χ2n) is 4.45. The Bertz CT molecular complexity index is 666. The summed E-state index contributed by atoms with van der Waals surface area (Å²) in [4.78, 5) is 11.9. The molecule has 1 aliphatic heterocycles. The van der Waals surface area contributed by atoms with Crippen LogP contribution in [0.5, 0.6) is 11.5 Å². The summed E-state index contributed by atoms with van der Waals surface area (Å²) in [5.74, 6) is 1.31. The first-order valence-corrected chi connectivity index (χ1v) is 6.10. The Morgan fingerprint density at radius 3 is 2.85 bits per heavy atom. The van der Waals surface area contributed by atoms with Crippen LogP contribution in [0.1, 0.15) is 5.69 Å². The number of nitrogens with zero attached hydrogens (tertiary/aromatic N) is 2. The molecule has 1 aliphatic rings. The van der Waals surface area contributed by atoms with Gasteiger partial charge >= 0.3 is 6.03 Å². The van der Waals surface area contributed by atoms with Crippen molar-refractivity contribution in [3.05, 3.63) is 30.1 Å². The predicted octanol–water partition coefficient (Wildman–Crippen LogP) is 2.10. The van der Waals surface area contributed by atoms with Crippen molar-refractivity contribution in [1.82, 2.24) is 9.78 Å². The predicted molar refractivity (Wildman–Crippen MR) is 73.2 cm³/mol. The molecule has 0 unspecified atom stereocenters. The summed E-state index contributed by atoms with van der Waals surface area (Å²) in [7, 11) is 1.80. The summed E-state index contributed by atoms with van der Waals surface area (Å²) in [5.41, 5.74) is 2.06. The van der Waals surface area contributed by atoms with Crippen LogP contribution < -0.4 is 20.1 Å². The third-order valence-corrected chi connectivity index (χ3v) is 2.89. The molecule has 7 nitrogen and oxygen atoms in total. The number of aryl methyl sites for hydroxylation is 2. The summed E-state index contributed by atoms with van der Waals surface area (Å²) in [5, 5.41) is 9.63. The van der Waals surface area contributed by atoms with E-state index in [-0.39, 0.29) is 12.8 Å². The highest BCUT2D eigenvalue weighted by Crippen LogP contribution is 2.34. The molecule has 0 saturated carbocycles. The van der Waals surface area contributed by atoms with Gasteiger partial charge in [-0.1, -0.05) is 0 Å². The fourth-order valence-corrected chi connectivity index (χ4v) is 1.98. The minimum atomic E-state index is -0.333. The van der Waals surface area contributed by atoms with Gasteiger partial charge in [0.2, 0.25) is 6.79 Å². The summed E-state index contributed by atoms with van der Waals surface area (Å²) in [6.07, 6.45) is 1.74. The number of hydrogen-bond donors (Lipinski definition) is 2. The summed E-state index contributed by atoms with van der Waals surface area (Å²) >= 11 is 0. The highest BCUT2D eigenvalue weighted by atomic mass is 16.7. The second kappa shape index (κ2) is 4.76. The lowest BCUT2D eigenvalue weighted by Crippen LogP contribution is -2.19. The lowest BCUT2D eigenvalue weighted by atomic mass is 10.3. The maximum absolute atomic E-state index is 11.9. The molecule has 0 spiro atoms. The lowest BCUT2D eigenvalue weighted by molar-refractivity contribution is 0.174. The Kier molecular flexibility index (Phi) is 2.94. The van der Waals surface area contributed by atoms with Crippen molar-refractivity contribution < 1.29 is 14.3 Å². The van der Waals surface area contributed by atoms with Crippen LogP contribution in [0.4, 0.5) is 16.2 Å². The number of urea groups is 1. The second-order valence-corrected chi connectivity index (χ2v) is 4.45. The molecule has 1 aromatic heterocycles. The van der Waals surface area contributed by atoms with Crippen molar-refractivity contribution in [2.45, 2.75) is 6.92 Å². The molecule has 2 heterocycles. The van der Waals surface area contributed by atoms with Crippen LogP contribution in [-0.4, -0.2) is 22.6 Å². The van der Waals surface area contributed by atoms with Gasteiger partial charge < -0.3 is 20.1 Å².